The molecule has 2 N–H and O–H groups in total. The fourth-order valence-electron chi connectivity index (χ4n) is 2.97. The van der Waals surface area contributed by atoms with Crippen molar-refractivity contribution in [2.24, 2.45) is 0 Å². The predicted molar refractivity (Wildman–Crippen MR) is 124 cm³/mol. The van der Waals surface area contributed by atoms with Gasteiger partial charge in [-0.15, -0.1) is 0 Å². The van der Waals surface area contributed by atoms with Crippen LogP contribution in [0.2, 0.25) is 0 Å². The highest BCUT2D eigenvalue weighted by atomic mass is 16.5. The van der Waals surface area contributed by atoms with Crippen molar-refractivity contribution in [3.05, 3.63) is 95.1 Å². The molecule has 2 amide bonds. The second-order valence-corrected chi connectivity index (χ2v) is 7.56. The molecule has 0 spiro atoms. The van der Waals surface area contributed by atoms with Gasteiger partial charge < -0.3 is 9.47 Å². The first-order chi connectivity index (χ1) is 15.4. The monoisotopic (exact) mass is 432 g/mol. The van der Waals surface area contributed by atoms with E-state index >= 15 is 0 Å². The Labute approximate surface area is 188 Å². The Morgan fingerprint density at radius 1 is 0.844 bits per heavy atom. The third kappa shape index (κ3) is 6.60. The van der Waals surface area contributed by atoms with Crippen LogP contribution in [0.3, 0.4) is 0 Å². The van der Waals surface area contributed by atoms with Gasteiger partial charge in [-0.05, 0) is 73.9 Å². The Balaban J connectivity index is 1.43. The van der Waals surface area contributed by atoms with E-state index in [0.29, 0.717) is 23.7 Å². The maximum Gasteiger partial charge on any atom is 0.279 e. The number of aryl methyl sites for hydroxylation is 2. The van der Waals surface area contributed by atoms with E-state index in [1.54, 1.807) is 31.2 Å². The number of hydrogen-bond acceptors (Lipinski definition) is 4. The molecule has 0 aliphatic rings. The largest absolute Gasteiger partial charge is 0.493 e. The summed E-state index contributed by atoms with van der Waals surface area (Å²) in [6.45, 7) is 6.16. The number of amides is 2. The Hall–Kier alpha value is -3.80. The van der Waals surface area contributed by atoms with Crippen molar-refractivity contribution in [3.8, 4) is 11.5 Å². The molecule has 0 aliphatic carbocycles. The van der Waals surface area contributed by atoms with Crippen LogP contribution in [0, 0.1) is 13.8 Å². The van der Waals surface area contributed by atoms with E-state index in [1.165, 1.54) is 5.56 Å². The fraction of sp³-hybridized carbons (Fsp3) is 0.231. The van der Waals surface area contributed by atoms with Crippen LogP contribution in [0.4, 0.5) is 0 Å². The molecule has 3 aromatic carbocycles. The highest BCUT2D eigenvalue weighted by Crippen LogP contribution is 2.18. The van der Waals surface area contributed by atoms with Gasteiger partial charge in [0.05, 0.1) is 6.61 Å². The maximum absolute atomic E-state index is 12.3. The van der Waals surface area contributed by atoms with Crippen LogP contribution < -0.4 is 20.3 Å². The number of rotatable bonds is 8. The summed E-state index contributed by atoms with van der Waals surface area (Å²) in [5, 5.41) is 0. The summed E-state index contributed by atoms with van der Waals surface area (Å²) in [5.74, 6) is 0.409. The number of benzene rings is 3. The molecule has 0 aliphatic heterocycles. The lowest BCUT2D eigenvalue weighted by molar-refractivity contribution is -0.128. The van der Waals surface area contributed by atoms with E-state index in [4.69, 9.17) is 9.47 Å². The van der Waals surface area contributed by atoms with Crippen molar-refractivity contribution in [3.63, 3.8) is 0 Å². The zero-order valence-electron chi connectivity index (χ0n) is 18.6. The molecular weight excluding hydrogens is 404 g/mol. The minimum Gasteiger partial charge on any atom is -0.493 e. The third-order valence-corrected chi connectivity index (χ3v) is 5.08. The highest BCUT2D eigenvalue weighted by Gasteiger charge is 2.16. The fourth-order valence-corrected chi connectivity index (χ4v) is 2.97. The van der Waals surface area contributed by atoms with Gasteiger partial charge in [0, 0.05) is 12.0 Å². The van der Waals surface area contributed by atoms with E-state index in [2.05, 4.69) is 23.0 Å². The maximum atomic E-state index is 12.3. The lowest BCUT2D eigenvalue weighted by Crippen LogP contribution is -2.47. The number of carbonyl (C=O) groups is 2. The number of hydrazine groups is 1. The van der Waals surface area contributed by atoms with Gasteiger partial charge in [-0.1, -0.05) is 36.4 Å². The highest BCUT2D eigenvalue weighted by molar-refractivity contribution is 5.95. The van der Waals surface area contributed by atoms with E-state index in [1.807, 2.05) is 50.2 Å². The molecule has 1 atom stereocenters. The molecule has 0 aromatic heterocycles. The predicted octanol–water partition coefficient (Wildman–Crippen LogP) is 4.15. The van der Waals surface area contributed by atoms with E-state index in [-0.39, 0.29) is 0 Å². The van der Waals surface area contributed by atoms with Gasteiger partial charge in [0.2, 0.25) is 0 Å². The molecule has 0 fully saturated rings. The van der Waals surface area contributed by atoms with Crippen LogP contribution in [0.25, 0.3) is 0 Å². The van der Waals surface area contributed by atoms with Gasteiger partial charge in [-0.25, -0.2) is 0 Å². The summed E-state index contributed by atoms with van der Waals surface area (Å²) in [6, 6.07) is 22.5. The first kappa shape index (κ1) is 22.9. The second-order valence-electron chi connectivity index (χ2n) is 7.56. The average Bonchev–Trinajstić information content (AvgIpc) is 2.80. The van der Waals surface area contributed by atoms with Crippen molar-refractivity contribution in [2.45, 2.75) is 33.3 Å². The molecule has 0 saturated carbocycles. The zero-order valence-corrected chi connectivity index (χ0v) is 18.6. The molecule has 6 heteroatoms. The van der Waals surface area contributed by atoms with Gasteiger partial charge >= 0.3 is 0 Å². The van der Waals surface area contributed by atoms with Crippen LogP contribution in [0.5, 0.6) is 11.5 Å². The first-order valence-electron chi connectivity index (χ1n) is 10.5. The van der Waals surface area contributed by atoms with Gasteiger partial charge in [0.15, 0.2) is 6.10 Å². The van der Waals surface area contributed by atoms with Crippen LogP contribution in [0.1, 0.15) is 34.0 Å². The Morgan fingerprint density at radius 3 is 2.22 bits per heavy atom. The summed E-state index contributed by atoms with van der Waals surface area (Å²) in [5.41, 5.74) is 8.65. The minimum atomic E-state index is -0.766. The Bertz CT molecular complexity index is 1050. The van der Waals surface area contributed by atoms with Crippen molar-refractivity contribution < 1.29 is 19.1 Å². The van der Waals surface area contributed by atoms with Crippen molar-refractivity contribution in [1.29, 1.82) is 0 Å². The van der Waals surface area contributed by atoms with Gasteiger partial charge in [-0.3, -0.25) is 20.4 Å². The Morgan fingerprint density at radius 2 is 1.53 bits per heavy atom. The quantitative estimate of drug-likeness (QED) is 0.524. The number of nitrogens with one attached hydrogen (secondary N) is 2. The Kier molecular flexibility index (Phi) is 7.86. The average molecular weight is 433 g/mol. The summed E-state index contributed by atoms with van der Waals surface area (Å²) in [4.78, 5) is 24.6. The standard InChI is InChI=1S/C26H28N2O4/c1-18-9-12-24(17-19(18)2)32-20(3)25(29)27-28-26(30)22-10-13-23(14-11-22)31-16-15-21-7-5-4-6-8-21/h4-14,17,20H,15-16H2,1-3H3,(H,27,29)(H,28,30). The smallest absolute Gasteiger partial charge is 0.279 e. The van der Waals surface area contributed by atoms with Crippen molar-refractivity contribution in [2.75, 3.05) is 6.61 Å². The van der Waals surface area contributed by atoms with E-state index in [0.717, 1.165) is 17.5 Å². The van der Waals surface area contributed by atoms with Crippen LogP contribution >= 0.6 is 0 Å². The molecule has 0 radical (unpaired) electrons. The van der Waals surface area contributed by atoms with E-state index < -0.39 is 17.9 Å². The lowest BCUT2D eigenvalue weighted by Gasteiger charge is -2.16. The van der Waals surface area contributed by atoms with E-state index in [9.17, 15) is 9.59 Å². The number of hydrogen-bond donors (Lipinski definition) is 2. The number of carbonyl (C=O) groups excluding carboxylic acids is 2. The molecule has 1 unspecified atom stereocenters. The topological polar surface area (TPSA) is 76.7 Å². The van der Waals surface area contributed by atoms with Crippen LogP contribution in [-0.2, 0) is 11.2 Å². The van der Waals surface area contributed by atoms with Gasteiger partial charge in [-0.2, -0.15) is 0 Å². The molecule has 0 saturated heterocycles. The van der Waals surface area contributed by atoms with Crippen molar-refractivity contribution >= 4 is 11.8 Å². The molecule has 32 heavy (non-hydrogen) atoms. The number of ether oxygens (including phenoxy) is 2. The lowest BCUT2D eigenvalue weighted by atomic mass is 10.1. The van der Waals surface area contributed by atoms with Crippen LogP contribution in [-0.4, -0.2) is 24.5 Å². The van der Waals surface area contributed by atoms with Crippen molar-refractivity contribution in [1.82, 2.24) is 10.9 Å². The minimum absolute atomic E-state index is 0.406. The zero-order chi connectivity index (χ0) is 22.9. The summed E-state index contributed by atoms with van der Waals surface area (Å²) >= 11 is 0. The summed E-state index contributed by atoms with van der Waals surface area (Å²) < 4.78 is 11.4. The first-order valence-corrected chi connectivity index (χ1v) is 10.5. The SMILES string of the molecule is Cc1ccc(OC(C)C(=O)NNC(=O)c2ccc(OCCc3ccccc3)cc2)cc1C. The molecule has 0 bridgehead atoms. The molecule has 0 heterocycles. The molecular formula is C26H28N2O4. The molecule has 3 rings (SSSR count). The second kappa shape index (κ2) is 11.0. The molecule has 6 nitrogen and oxygen atoms in total. The molecule has 166 valence electrons. The van der Waals surface area contributed by atoms with Crippen LogP contribution in [0.15, 0.2) is 72.8 Å². The van der Waals surface area contributed by atoms with Gasteiger partial charge in [0.25, 0.3) is 11.8 Å². The third-order valence-electron chi connectivity index (χ3n) is 5.08. The summed E-state index contributed by atoms with van der Waals surface area (Å²) in [6.07, 6.45) is 0.0372. The van der Waals surface area contributed by atoms with Gasteiger partial charge in [0.1, 0.15) is 11.5 Å². The summed E-state index contributed by atoms with van der Waals surface area (Å²) in [7, 11) is 0. The molecule has 3 aromatic rings. The normalized spacial score (nSPS) is 11.3.